The summed E-state index contributed by atoms with van der Waals surface area (Å²) in [5.74, 6) is 0.458. The van der Waals surface area contributed by atoms with Gasteiger partial charge in [0.15, 0.2) is 0 Å². The predicted molar refractivity (Wildman–Crippen MR) is 70.5 cm³/mol. The maximum absolute atomic E-state index is 5.87. The third kappa shape index (κ3) is 3.35. The van der Waals surface area contributed by atoms with Crippen molar-refractivity contribution >= 4 is 27.3 Å². The molecule has 0 radical (unpaired) electrons. The number of nitrogens with one attached hydrogen (secondary N) is 1. The van der Waals surface area contributed by atoms with Gasteiger partial charge in [0.2, 0.25) is 0 Å². The van der Waals surface area contributed by atoms with E-state index in [0.29, 0.717) is 18.2 Å². The van der Waals surface area contributed by atoms with Crippen LogP contribution in [0.15, 0.2) is 16.9 Å². The van der Waals surface area contributed by atoms with Crippen LogP contribution < -0.4 is 11.1 Å². The average Bonchev–Trinajstić information content (AvgIpc) is 2.21. The van der Waals surface area contributed by atoms with Crippen LogP contribution in [0.2, 0.25) is 0 Å². The number of anilines is 2. The van der Waals surface area contributed by atoms with Crippen molar-refractivity contribution in [2.45, 2.75) is 19.9 Å². The second-order valence-electron chi connectivity index (χ2n) is 4.04. The molecule has 1 unspecified atom stereocenters. The lowest BCUT2D eigenvalue weighted by Gasteiger charge is -2.24. The Morgan fingerprint density at radius 3 is 2.69 bits per heavy atom. The van der Waals surface area contributed by atoms with Crippen LogP contribution in [0.1, 0.15) is 13.8 Å². The van der Waals surface area contributed by atoms with E-state index >= 15 is 0 Å². The molecule has 0 aliphatic rings. The number of methoxy groups -OCH3 is 1. The Balaban J connectivity index is 2.84. The van der Waals surface area contributed by atoms with E-state index in [9.17, 15) is 0 Å². The van der Waals surface area contributed by atoms with Gasteiger partial charge < -0.3 is 15.8 Å². The normalized spacial score (nSPS) is 12.8. The van der Waals surface area contributed by atoms with Crippen LogP contribution in [0.25, 0.3) is 0 Å². The molecule has 0 aliphatic carbocycles. The number of rotatable bonds is 5. The van der Waals surface area contributed by atoms with Crippen LogP contribution in [0.3, 0.4) is 0 Å². The largest absolute Gasteiger partial charge is 0.396 e. The van der Waals surface area contributed by atoms with E-state index in [0.717, 1.165) is 10.2 Å². The SMILES string of the molecule is COCC(Nc1c(N)cncc1Br)C(C)C. The summed E-state index contributed by atoms with van der Waals surface area (Å²) in [6.45, 7) is 4.93. The molecule has 0 spiro atoms. The molecule has 1 atom stereocenters. The second-order valence-corrected chi connectivity index (χ2v) is 4.89. The van der Waals surface area contributed by atoms with Crippen LogP contribution in [0, 0.1) is 5.92 Å². The minimum Gasteiger partial charge on any atom is -0.396 e. The zero-order valence-corrected chi connectivity index (χ0v) is 11.4. The van der Waals surface area contributed by atoms with Crippen molar-refractivity contribution in [3.8, 4) is 0 Å². The van der Waals surface area contributed by atoms with Crippen LogP contribution >= 0.6 is 15.9 Å². The fraction of sp³-hybridized carbons (Fsp3) is 0.545. The fourth-order valence-corrected chi connectivity index (χ4v) is 1.83. The lowest BCUT2D eigenvalue weighted by molar-refractivity contribution is 0.171. The third-order valence-electron chi connectivity index (χ3n) is 2.41. The Hall–Kier alpha value is -0.810. The quantitative estimate of drug-likeness (QED) is 0.874. The summed E-state index contributed by atoms with van der Waals surface area (Å²) in [6, 6.07) is 0.228. The van der Waals surface area contributed by atoms with Gasteiger partial charge in [-0.1, -0.05) is 13.8 Å². The van der Waals surface area contributed by atoms with Gasteiger partial charge in [0.1, 0.15) is 0 Å². The summed E-state index contributed by atoms with van der Waals surface area (Å²) in [5.41, 5.74) is 7.39. The van der Waals surface area contributed by atoms with Crippen LogP contribution in [0.5, 0.6) is 0 Å². The predicted octanol–water partition coefficient (Wildman–Crippen LogP) is 2.51. The number of halogens is 1. The van der Waals surface area contributed by atoms with Gasteiger partial charge in [-0.2, -0.15) is 0 Å². The topological polar surface area (TPSA) is 60.2 Å². The highest BCUT2D eigenvalue weighted by atomic mass is 79.9. The molecule has 90 valence electrons. The summed E-state index contributed by atoms with van der Waals surface area (Å²) in [4.78, 5) is 4.00. The van der Waals surface area contributed by atoms with Gasteiger partial charge in [-0.05, 0) is 21.8 Å². The van der Waals surface area contributed by atoms with Crippen molar-refractivity contribution in [3.63, 3.8) is 0 Å². The highest BCUT2D eigenvalue weighted by Crippen LogP contribution is 2.28. The number of nitrogens with zero attached hydrogens (tertiary/aromatic N) is 1. The minimum atomic E-state index is 0.228. The molecule has 1 aromatic rings. The van der Waals surface area contributed by atoms with E-state index in [-0.39, 0.29) is 6.04 Å². The number of nitrogens with two attached hydrogens (primary N) is 1. The number of nitrogen functional groups attached to an aromatic ring is 1. The molecule has 0 bridgehead atoms. The van der Waals surface area contributed by atoms with Crippen molar-refractivity contribution in [1.29, 1.82) is 0 Å². The van der Waals surface area contributed by atoms with E-state index in [1.54, 1.807) is 19.5 Å². The molecule has 1 heterocycles. The van der Waals surface area contributed by atoms with Crippen LogP contribution in [0.4, 0.5) is 11.4 Å². The summed E-state index contributed by atoms with van der Waals surface area (Å²) < 4.78 is 6.05. The van der Waals surface area contributed by atoms with E-state index in [1.807, 2.05) is 0 Å². The smallest absolute Gasteiger partial charge is 0.0753 e. The maximum Gasteiger partial charge on any atom is 0.0753 e. The number of pyridine rings is 1. The van der Waals surface area contributed by atoms with Crippen LogP contribution in [-0.2, 0) is 4.74 Å². The Kier molecular flexibility index (Phi) is 5.02. The van der Waals surface area contributed by atoms with Crippen molar-refractivity contribution in [1.82, 2.24) is 4.98 Å². The van der Waals surface area contributed by atoms with Gasteiger partial charge in [0, 0.05) is 13.3 Å². The van der Waals surface area contributed by atoms with Gasteiger partial charge in [-0.15, -0.1) is 0 Å². The molecule has 1 rings (SSSR count). The number of aromatic nitrogens is 1. The summed E-state index contributed by atoms with van der Waals surface area (Å²) in [6.07, 6.45) is 3.36. The zero-order valence-electron chi connectivity index (χ0n) is 9.83. The Bertz CT molecular complexity index is 324. The number of hydrogen-bond acceptors (Lipinski definition) is 4. The summed E-state index contributed by atoms with van der Waals surface area (Å²) >= 11 is 3.43. The highest BCUT2D eigenvalue weighted by Gasteiger charge is 2.15. The van der Waals surface area contributed by atoms with Crippen molar-refractivity contribution < 1.29 is 4.74 Å². The molecule has 0 aromatic carbocycles. The average molecular weight is 288 g/mol. The monoisotopic (exact) mass is 287 g/mol. The van der Waals surface area contributed by atoms with E-state index < -0.39 is 0 Å². The van der Waals surface area contributed by atoms with E-state index in [2.05, 4.69) is 40.1 Å². The Morgan fingerprint density at radius 2 is 2.19 bits per heavy atom. The molecule has 5 heteroatoms. The number of hydrogen-bond donors (Lipinski definition) is 2. The van der Waals surface area contributed by atoms with Gasteiger partial charge in [0.05, 0.1) is 34.7 Å². The molecule has 16 heavy (non-hydrogen) atoms. The first kappa shape index (κ1) is 13.3. The highest BCUT2D eigenvalue weighted by molar-refractivity contribution is 9.10. The first-order valence-corrected chi connectivity index (χ1v) is 6.00. The molecule has 0 aliphatic heterocycles. The van der Waals surface area contributed by atoms with Gasteiger partial charge >= 0.3 is 0 Å². The molecule has 3 N–H and O–H groups in total. The standard InChI is InChI=1S/C11H18BrN3O/c1-7(2)10(6-16-3)15-11-8(12)4-14-5-9(11)13/h4-5,7,10H,6,13H2,1-3H3,(H,14,15). The molecular formula is C11H18BrN3O. The number of ether oxygens (including phenoxy) is 1. The zero-order chi connectivity index (χ0) is 12.1. The van der Waals surface area contributed by atoms with Gasteiger partial charge in [-0.3, -0.25) is 4.98 Å². The lowest BCUT2D eigenvalue weighted by atomic mass is 10.1. The second kappa shape index (κ2) is 6.06. The third-order valence-corrected chi connectivity index (χ3v) is 3.01. The Labute approximate surface area is 105 Å². The fourth-order valence-electron chi connectivity index (χ4n) is 1.37. The van der Waals surface area contributed by atoms with Crippen LogP contribution in [-0.4, -0.2) is 24.7 Å². The molecule has 0 saturated heterocycles. The van der Waals surface area contributed by atoms with E-state index in [4.69, 9.17) is 10.5 Å². The Morgan fingerprint density at radius 1 is 1.50 bits per heavy atom. The van der Waals surface area contributed by atoms with E-state index in [1.165, 1.54) is 0 Å². The van der Waals surface area contributed by atoms with Crippen molar-refractivity contribution in [2.24, 2.45) is 5.92 Å². The summed E-state index contributed by atoms with van der Waals surface area (Å²) in [5, 5.41) is 3.38. The molecular weight excluding hydrogens is 270 g/mol. The first-order chi connectivity index (χ1) is 7.56. The van der Waals surface area contributed by atoms with Crippen molar-refractivity contribution in [3.05, 3.63) is 16.9 Å². The van der Waals surface area contributed by atoms with Crippen molar-refractivity contribution in [2.75, 3.05) is 24.8 Å². The maximum atomic E-state index is 5.87. The minimum absolute atomic E-state index is 0.228. The van der Waals surface area contributed by atoms with Gasteiger partial charge in [0.25, 0.3) is 0 Å². The summed E-state index contributed by atoms with van der Waals surface area (Å²) in [7, 11) is 1.70. The molecule has 0 saturated carbocycles. The lowest BCUT2D eigenvalue weighted by Crippen LogP contribution is -2.31. The molecule has 0 fully saturated rings. The molecule has 0 amide bonds. The molecule has 1 aromatic heterocycles. The molecule has 4 nitrogen and oxygen atoms in total. The van der Waals surface area contributed by atoms with Gasteiger partial charge in [-0.25, -0.2) is 0 Å². The first-order valence-electron chi connectivity index (χ1n) is 5.20.